The zero-order chi connectivity index (χ0) is 32.9. The van der Waals surface area contributed by atoms with E-state index in [0.717, 1.165) is 72.1 Å². The molecule has 1 aromatic heterocycles. The van der Waals surface area contributed by atoms with Crippen LogP contribution in [0.25, 0.3) is 32.8 Å². The molecule has 1 radical (unpaired) electrons. The molecule has 3 aromatic carbocycles. The van der Waals surface area contributed by atoms with Gasteiger partial charge in [-0.2, -0.15) is 0 Å². The van der Waals surface area contributed by atoms with Crippen LogP contribution in [0.2, 0.25) is 0 Å². The minimum Gasteiger partial charge on any atom is -0.512 e. The van der Waals surface area contributed by atoms with Gasteiger partial charge in [-0.15, -0.1) is 17.5 Å². The van der Waals surface area contributed by atoms with Crippen LogP contribution in [0, 0.1) is 29.2 Å². The third-order valence-corrected chi connectivity index (χ3v) is 9.44. The van der Waals surface area contributed by atoms with Gasteiger partial charge in [0.15, 0.2) is 5.78 Å². The molecule has 5 rings (SSSR count). The molecule has 1 N–H and O–H groups in total. The fourth-order valence-electron chi connectivity index (χ4n) is 6.25. The van der Waals surface area contributed by atoms with Gasteiger partial charge in [0.1, 0.15) is 5.75 Å². The fraction of sp³-hybridized carbons (Fsp3) is 0.463. The second kappa shape index (κ2) is 16.2. The Bertz CT molecular complexity index is 1680. The number of hydrogen-bond acceptors (Lipinski definition) is 4. The molecule has 0 bridgehead atoms. The molecule has 0 saturated carbocycles. The number of ketones is 1. The van der Waals surface area contributed by atoms with Gasteiger partial charge in [0.2, 0.25) is 0 Å². The van der Waals surface area contributed by atoms with Gasteiger partial charge < -0.3 is 9.84 Å². The van der Waals surface area contributed by atoms with Crippen LogP contribution in [0.5, 0.6) is 11.5 Å². The summed E-state index contributed by atoms with van der Waals surface area (Å²) in [6.45, 7) is 19.1. The second-order valence-corrected chi connectivity index (χ2v) is 13.7. The van der Waals surface area contributed by atoms with Gasteiger partial charge in [-0.05, 0) is 73.4 Å². The van der Waals surface area contributed by atoms with E-state index < -0.39 is 0 Å². The molecule has 0 unspecified atom stereocenters. The number of fused-ring (bicyclic) bond motifs is 3. The first-order valence-electron chi connectivity index (χ1n) is 17.0. The van der Waals surface area contributed by atoms with Crippen molar-refractivity contribution in [1.82, 2.24) is 4.98 Å². The van der Waals surface area contributed by atoms with Crippen molar-refractivity contribution < 1.29 is 34.7 Å². The SMILES string of the molecule is CC(C)Cc1cc2c3c(nccc3c1)-c1[c-]c3ccccc3c(CC(C)C)c1O2.CCC(CC)/C(O)=C/C(=O)C(C)(CC)CC.[Ir]. The summed E-state index contributed by atoms with van der Waals surface area (Å²) in [6.07, 6.45) is 8.76. The van der Waals surface area contributed by atoms with Crippen molar-refractivity contribution in [2.45, 2.75) is 101 Å². The first-order chi connectivity index (χ1) is 21.5. The number of hydrogen-bond donors (Lipinski definition) is 1. The van der Waals surface area contributed by atoms with Crippen LogP contribution in [0.3, 0.4) is 0 Å². The third kappa shape index (κ3) is 8.09. The van der Waals surface area contributed by atoms with Gasteiger partial charge in [0.05, 0.1) is 11.5 Å². The summed E-state index contributed by atoms with van der Waals surface area (Å²) in [5.41, 5.74) is 4.25. The van der Waals surface area contributed by atoms with E-state index in [9.17, 15) is 9.90 Å². The van der Waals surface area contributed by atoms with E-state index in [1.807, 2.05) is 40.8 Å². The maximum absolute atomic E-state index is 12.0. The molecule has 0 saturated heterocycles. The molecule has 0 fully saturated rings. The standard InChI is InChI=1S/C27H26NO.C14H26O2.Ir/c1-16(2)11-18-13-20-9-10-28-26-23-15-19-7-5-6-8-21(19)22(12-17(3)4)27(23)29-24(14-18)25(20)26;1-6-11(7-2)12(15)10-13(16)14(5,8-3)9-4;/h5-10,13-14,16-17H,11-12H2,1-4H3;10-11,15H,6-9H2,1-5H3;/q-1;;/b;12-10-;. The molecule has 0 aliphatic carbocycles. The van der Waals surface area contributed by atoms with Crippen LogP contribution in [0.4, 0.5) is 0 Å². The van der Waals surface area contributed by atoms with Gasteiger partial charge in [0, 0.05) is 54.8 Å². The second-order valence-electron chi connectivity index (χ2n) is 13.7. The smallest absolute Gasteiger partial charge is 0.164 e. The van der Waals surface area contributed by atoms with E-state index in [1.165, 1.54) is 28.0 Å². The molecule has 0 atom stereocenters. The van der Waals surface area contributed by atoms with Crippen molar-refractivity contribution in [2.24, 2.45) is 23.2 Å². The minimum atomic E-state index is -0.319. The average molecular weight is 799 g/mol. The van der Waals surface area contributed by atoms with E-state index in [-0.39, 0.29) is 43.0 Å². The zero-order valence-electron chi connectivity index (χ0n) is 29.2. The fourth-order valence-corrected chi connectivity index (χ4v) is 6.25. The van der Waals surface area contributed by atoms with E-state index in [4.69, 9.17) is 9.72 Å². The number of nitrogens with zero attached hydrogens (tertiary/aromatic N) is 1. The quantitative estimate of drug-likeness (QED) is 0.0821. The molecule has 0 amide bonds. The van der Waals surface area contributed by atoms with Crippen molar-refractivity contribution >= 4 is 27.3 Å². The molecule has 0 spiro atoms. The number of allylic oxidation sites excluding steroid dienone is 2. The molecule has 5 heteroatoms. The maximum atomic E-state index is 12.0. The number of pyridine rings is 1. The Morgan fingerprint density at radius 2 is 1.63 bits per heavy atom. The number of aromatic nitrogens is 1. The van der Waals surface area contributed by atoms with Crippen LogP contribution < -0.4 is 4.74 Å². The molecule has 2 heterocycles. The van der Waals surface area contributed by atoms with Crippen molar-refractivity contribution in [3.63, 3.8) is 0 Å². The summed E-state index contributed by atoms with van der Waals surface area (Å²) in [5.74, 6) is 3.44. The van der Waals surface area contributed by atoms with Gasteiger partial charge in [-0.1, -0.05) is 103 Å². The van der Waals surface area contributed by atoms with Crippen LogP contribution >= 0.6 is 0 Å². The summed E-state index contributed by atoms with van der Waals surface area (Å²) in [7, 11) is 0. The Balaban J connectivity index is 0.000000293. The largest absolute Gasteiger partial charge is 0.512 e. The van der Waals surface area contributed by atoms with Crippen molar-refractivity contribution in [3.05, 3.63) is 77.7 Å². The number of aliphatic hydroxyl groups is 1. The Morgan fingerprint density at radius 1 is 0.978 bits per heavy atom. The van der Waals surface area contributed by atoms with Gasteiger partial charge in [0.25, 0.3) is 0 Å². The van der Waals surface area contributed by atoms with E-state index in [2.05, 4.69) is 76.2 Å². The molecule has 1 aliphatic heterocycles. The summed E-state index contributed by atoms with van der Waals surface area (Å²) in [4.78, 5) is 16.8. The van der Waals surface area contributed by atoms with Crippen LogP contribution in [-0.2, 0) is 37.7 Å². The van der Waals surface area contributed by atoms with Gasteiger partial charge >= 0.3 is 0 Å². The Morgan fingerprint density at radius 3 is 2.24 bits per heavy atom. The van der Waals surface area contributed by atoms with Gasteiger partial charge in [-0.25, -0.2) is 0 Å². The van der Waals surface area contributed by atoms with Crippen LogP contribution in [-0.4, -0.2) is 15.9 Å². The average Bonchev–Trinajstić information content (AvgIpc) is 3.01. The Kier molecular flexibility index (Phi) is 13.2. The number of carbonyl (C=O) groups excluding carboxylic acids is 1. The number of aliphatic hydroxyl groups excluding tert-OH is 1. The number of benzene rings is 3. The monoisotopic (exact) mass is 799 g/mol. The summed E-state index contributed by atoms with van der Waals surface area (Å²) in [6, 6.07) is 18.7. The minimum absolute atomic E-state index is 0. The van der Waals surface area contributed by atoms with Crippen molar-refractivity contribution in [1.29, 1.82) is 0 Å². The third-order valence-electron chi connectivity index (χ3n) is 9.44. The molecule has 249 valence electrons. The van der Waals surface area contributed by atoms with Crippen LogP contribution in [0.1, 0.15) is 99.1 Å². The van der Waals surface area contributed by atoms with Gasteiger partial charge in [-0.3, -0.25) is 9.78 Å². The first kappa shape index (κ1) is 37.4. The van der Waals surface area contributed by atoms with Crippen molar-refractivity contribution in [2.75, 3.05) is 0 Å². The molecule has 4 nitrogen and oxygen atoms in total. The molecule has 46 heavy (non-hydrogen) atoms. The van der Waals surface area contributed by atoms with E-state index >= 15 is 0 Å². The number of carbonyl (C=O) groups is 1. The molecule has 1 aliphatic rings. The van der Waals surface area contributed by atoms with Crippen molar-refractivity contribution in [3.8, 4) is 22.8 Å². The molecular weight excluding hydrogens is 747 g/mol. The zero-order valence-corrected chi connectivity index (χ0v) is 31.6. The molecular formula is C41H52IrNO3-. The summed E-state index contributed by atoms with van der Waals surface area (Å²) >= 11 is 0. The first-order valence-corrected chi connectivity index (χ1v) is 17.0. The maximum Gasteiger partial charge on any atom is 0.164 e. The predicted molar refractivity (Wildman–Crippen MR) is 189 cm³/mol. The predicted octanol–water partition coefficient (Wildman–Crippen LogP) is 11.6. The number of rotatable bonds is 11. The van der Waals surface area contributed by atoms with E-state index in [1.54, 1.807) is 0 Å². The van der Waals surface area contributed by atoms with E-state index in [0.29, 0.717) is 11.8 Å². The normalized spacial score (nSPS) is 12.6. The topological polar surface area (TPSA) is 59.4 Å². The summed E-state index contributed by atoms with van der Waals surface area (Å²) < 4.78 is 6.64. The number of ether oxygens (including phenoxy) is 1. The summed E-state index contributed by atoms with van der Waals surface area (Å²) in [5, 5.41) is 14.5. The van der Waals surface area contributed by atoms with Crippen LogP contribution in [0.15, 0.2) is 60.5 Å². The molecule has 4 aromatic rings. The Hall–Kier alpha value is -3.01. The Labute approximate surface area is 290 Å².